The molecule has 0 N–H and O–H groups in total. The predicted octanol–water partition coefficient (Wildman–Crippen LogP) is 2.61. The van der Waals surface area contributed by atoms with Gasteiger partial charge in [-0.15, -0.1) is 0 Å². The van der Waals surface area contributed by atoms with E-state index in [-0.39, 0.29) is 5.78 Å². The van der Waals surface area contributed by atoms with Crippen LogP contribution in [0.15, 0.2) is 23.0 Å². The second-order valence-electron chi connectivity index (χ2n) is 4.16. The Hall–Kier alpha value is -1.05. The minimum absolute atomic E-state index is 0.203. The van der Waals surface area contributed by atoms with Crippen LogP contribution >= 0.6 is 0 Å². The van der Waals surface area contributed by atoms with Gasteiger partial charge in [0, 0.05) is 6.42 Å². The molecule has 0 spiro atoms. The first-order chi connectivity index (χ1) is 6.68. The van der Waals surface area contributed by atoms with Crippen LogP contribution in [0.25, 0.3) is 0 Å². The summed E-state index contributed by atoms with van der Waals surface area (Å²) in [5, 5.41) is 0. The van der Waals surface area contributed by atoms with Crippen LogP contribution in [0, 0.1) is 5.92 Å². The number of ether oxygens (including phenoxy) is 1. The first kappa shape index (κ1) is 9.50. The number of allylic oxidation sites excluding steroid dienone is 4. The summed E-state index contributed by atoms with van der Waals surface area (Å²) >= 11 is 0. The first-order valence-electron chi connectivity index (χ1n) is 5.26. The summed E-state index contributed by atoms with van der Waals surface area (Å²) in [6, 6.07) is 0. The second kappa shape index (κ2) is 3.60. The Bertz CT molecular complexity index is 323. The van der Waals surface area contributed by atoms with Gasteiger partial charge in [0.2, 0.25) is 0 Å². The highest BCUT2D eigenvalue weighted by molar-refractivity contribution is 5.94. The Morgan fingerprint density at radius 3 is 3.07 bits per heavy atom. The van der Waals surface area contributed by atoms with E-state index in [0.29, 0.717) is 5.92 Å². The van der Waals surface area contributed by atoms with Crippen molar-refractivity contribution in [3.05, 3.63) is 23.0 Å². The standard InChI is InChI=1S/C12H16O2/c1-8-6-12-10(4-3-5-14-12)7-11(8)9(2)13/h7-8H,3-6H2,1-2H3. The van der Waals surface area contributed by atoms with Crippen LogP contribution in [0.5, 0.6) is 0 Å². The predicted molar refractivity (Wildman–Crippen MR) is 54.8 cm³/mol. The SMILES string of the molecule is CC(=O)C1=CC2=C(CC1C)OCCC2. The van der Waals surface area contributed by atoms with Crippen LogP contribution < -0.4 is 0 Å². The number of Topliss-reactive ketones (excluding diaryl/α,β-unsaturated/α-hetero) is 1. The van der Waals surface area contributed by atoms with Crippen molar-refractivity contribution in [1.29, 1.82) is 0 Å². The fourth-order valence-electron chi connectivity index (χ4n) is 2.20. The summed E-state index contributed by atoms with van der Waals surface area (Å²) in [6.45, 7) is 4.58. The van der Waals surface area contributed by atoms with Crippen molar-refractivity contribution in [1.82, 2.24) is 0 Å². The van der Waals surface area contributed by atoms with Crippen molar-refractivity contribution in [2.75, 3.05) is 6.61 Å². The summed E-state index contributed by atoms with van der Waals surface area (Å²) in [5.74, 6) is 1.65. The van der Waals surface area contributed by atoms with Gasteiger partial charge in [0.05, 0.1) is 12.4 Å². The van der Waals surface area contributed by atoms with Crippen molar-refractivity contribution in [3.8, 4) is 0 Å². The monoisotopic (exact) mass is 192 g/mol. The van der Waals surface area contributed by atoms with Crippen LogP contribution in [0.1, 0.15) is 33.1 Å². The normalized spacial score (nSPS) is 26.4. The second-order valence-corrected chi connectivity index (χ2v) is 4.16. The smallest absolute Gasteiger partial charge is 0.156 e. The quantitative estimate of drug-likeness (QED) is 0.638. The van der Waals surface area contributed by atoms with E-state index < -0.39 is 0 Å². The molecular formula is C12H16O2. The highest BCUT2D eigenvalue weighted by Gasteiger charge is 2.24. The van der Waals surface area contributed by atoms with Crippen molar-refractivity contribution in [2.24, 2.45) is 5.92 Å². The third-order valence-electron chi connectivity index (χ3n) is 2.98. The van der Waals surface area contributed by atoms with Gasteiger partial charge in [0.1, 0.15) is 0 Å². The number of ketones is 1. The minimum atomic E-state index is 0.203. The van der Waals surface area contributed by atoms with Crippen LogP contribution in [0.4, 0.5) is 0 Å². The molecule has 0 aromatic carbocycles. The van der Waals surface area contributed by atoms with Crippen molar-refractivity contribution in [2.45, 2.75) is 33.1 Å². The largest absolute Gasteiger partial charge is 0.498 e. The molecule has 1 unspecified atom stereocenters. The van der Waals surface area contributed by atoms with Crippen LogP contribution in [-0.4, -0.2) is 12.4 Å². The molecule has 2 rings (SSSR count). The van der Waals surface area contributed by atoms with Gasteiger partial charge >= 0.3 is 0 Å². The van der Waals surface area contributed by atoms with Gasteiger partial charge in [-0.05, 0) is 42.9 Å². The van der Waals surface area contributed by atoms with Crippen molar-refractivity contribution < 1.29 is 9.53 Å². The summed E-state index contributed by atoms with van der Waals surface area (Å²) in [4.78, 5) is 11.4. The van der Waals surface area contributed by atoms with Gasteiger partial charge in [-0.25, -0.2) is 0 Å². The summed E-state index contributed by atoms with van der Waals surface area (Å²) in [6.07, 6.45) is 5.10. The van der Waals surface area contributed by atoms with Gasteiger partial charge in [0.25, 0.3) is 0 Å². The minimum Gasteiger partial charge on any atom is -0.498 e. The molecule has 1 atom stereocenters. The Morgan fingerprint density at radius 1 is 1.57 bits per heavy atom. The lowest BCUT2D eigenvalue weighted by Crippen LogP contribution is -2.18. The number of rotatable bonds is 1. The average molecular weight is 192 g/mol. The lowest BCUT2D eigenvalue weighted by Gasteiger charge is -2.27. The average Bonchev–Trinajstić information content (AvgIpc) is 2.16. The maximum absolute atomic E-state index is 11.4. The molecule has 0 bridgehead atoms. The molecule has 1 aliphatic carbocycles. The molecule has 0 fully saturated rings. The summed E-state index contributed by atoms with van der Waals surface area (Å²) in [7, 11) is 0. The number of hydrogen-bond donors (Lipinski definition) is 0. The third-order valence-corrected chi connectivity index (χ3v) is 2.98. The van der Waals surface area contributed by atoms with E-state index in [4.69, 9.17) is 4.74 Å². The molecule has 14 heavy (non-hydrogen) atoms. The number of carbonyl (C=O) groups excluding carboxylic acids is 1. The van der Waals surface area contributed by atoms with Crippen molar-refractivity contribution >= 4 is 5.78 Å². The lowest BCUT2D eigenvalue weighted by molar-refractivity contribution is -0.114. The Balaban J connectivity index is 2.31. The van der Waals surface area contributed by atoms with Gasteiger partial charge < -0.3 is 4.74 Å². The van der Waals surface area contributed by atoms with Crippen LogP contribution in [0.2, 0.25) is 0 Å². The lowest BCUT2D eigenvalue weighted by atomic mass is 9.84. The molecule has 2 heteroatoms. The molecule has 0 aromatic rings. The first-order valence-corrected chi connectivity index (χ1v) is 5.26. The van der Waals surface area contributed by atoms with Gasteiger partial charge in [-0.2, -0.15) is 0 Å². The summed E-state index contributed by atoms with van der Waals surface area (Å²) < 4.78 is 5.60. The van der Waals surface area contributed by atoms with Crippen molar-refractivity contribution in [3.63, 3.8) is 0 Å². The fraction of sp³-hybridized carbons (Fsp3) is 0.583. The highest BCUT2D eigenvalue weighted by Crippen LogP contribution is 2.34. The molecule has 1 heterocycles. The molecule has 0 radical (unpaired) electrons. The van der Waals surface area contributed by atoms with E-state index in [1.165, 1.54) is 5.57 Å². The molecule has 0 aromatic heterocycles. The number of hydrogen-bond acceptors (Lipinski definition) is 2. The zero-order valence-corrected chi connectivity index (χ0v) is 8.80. The number of carbonyl (C=O) groups is 1. The molecule has 2 aliphatic rings. The topological polar surface area (TPSA) is 26.3 Å². The zero-order chi connectivity index (χ0) is 10.1. The summed E-state index contributed by atoms with van der Waals surface area (Å²) in [5.41, 5.74) is 2.22. The fourth-order valence-corrected chi connectivity index (χ4v) is 2.20. The van der Waals surface area contributed by atoms with E-state index in [9.17, 15) is 4.79 Å². The van der Waals surface area contributed by atoms with E-state index in [0.717, 1.165) is 37.2 Å². The highest BCUT2D eigenvalue weighted by atomic mass is 16.5. The maximum Gasteiger partial charge on any atom is 0.156 e. The molecule has 76 valence electrons. The molecular weight excluding hydrogens is 176 g/mol. The Kier molecular flexibility index (Phi) is 2.44. The van der Waals surface area contributed by atoms with E-state index in [1.807, 2.05) is 6.08 Å². The van der Waals surface area contributed by atoms with E-state index >= 15 is 0 Å². The Labute approximate surface area is 84.6 Å². The van der Waals surface area contributed by atoms with E-state index in [2.05, 4.69) is 6.92 Å². The van der Waals surface area contributed by atoms with Gasteiger partial charge in [0.15, 0.2) is 5.78 Å². The maximum atomic E-state index is 11.4. The molecule has 1 aliphatic heterocycles. The zero-order valence-electron chi connectivity index (χ0n) is 8.80. The molecule has 2 nitrogen and oxygen atoms in total. The third kappa shape index (κ3) is 1.61. The molecule has 0 saturated carbocycles. The van der Waals surface area contributed by atoms with Crippen LogP contribution in [-0.2, 0) is 9.53 Å². The molecule has 0 saturated heterocycles. The van der Waals surface area contributed by atoms with Crippen LogP contribution in [0.3, 0.4) is 0 Å². The Morgan fingerprint density at radius 2 is 2.36 bits per heavy atom. The van der Waals surface area contributed by atoms with Gasteiger partial charge in [-0.1, -0.05) is 6.92 Å². The van der Waals surface area contributed by atoms with E-state index in [1.54, 1.807) is 6.92 Å². The molecule has 0 amide bonds. The van der Waals surface area contributed by atoms with Gasteiger partial charge in [-0.3, -0.25) is 4.79 Å².